The molecule has 0 heterocycles. The van der Waals surface area contributed by atoms with E-state index in [1.54, 1.807) is 5.56 Å². The van der Waals surface area contributed by atoms with Crippen molar-refractivity contribution < 1.29 is 0 Å². The first-order valence-electron chi connectivity index (χ1n) is 8.43. The Kier molecular flexibility index (Phi) is 4.28. The van der Waals surface area contributed by atoms with Crippen LogP contribution in [0.15, 0.2) is 12.1 Å². The molecule has 0 aromatic heterocycles. The smallest absolute Gasteiger partial charge is 0.0146 e. The number of nitrogens with one attached hydrogen (secondary N) is 1. The first kappa shape index (κ1) is 16.5. The highest BCUT2D eigenvalue weighted by atomic mass is 15.0. The van der Waals surface area contributed by atoms with E-state index in [9.17, 15) is 0 Å². The van der Waals surface area contributed by atoms with E-state index in [0.717, 1.165) is 18.9 Å². The van der Waals surface area contributed by atoms with Crippen LogP contribution in [0.1, 0.15) is 56.9 Å². The number of likely N-dealkylation sites (N-methyl/N-ethyl adjacent to an activating group) is 1. The van der Waals surface area contributed by atoms with E-state index in [0.29, 0.717) is 16.9 Å². The quantitative estimate of drug-likeness (QED) is 0.819. The van der Waals surface area contributed by atoms with E-state index in [2.05, 4.69) is 72.8 Å². The predicted octanol–water partition coefficient (Wildman–Crippen LogP) is 4.81. The van der Waals surface area contributed by atoms with Gasteiger partial charge in [0.05, 0.1) is 0 Å². The molecule has 0 amide bonds. The third-order valence-electron chi connectivity index (χ3n) is 6.27. The third-order valence-corrected chi connectivity index (χ3v) is 6.27. The van der Waals surface area contributed by atoms with Gasteiger partial charge in [-0.2, -0.15) is 0 Å². The molecule has 1 aromatic carbocycles. The Morgan fingerprint density at radius 3 is 1.86 bits per heavy atom. The van der Waals surface area contributed by atoms with Crippen LogP contribution >= 0.6 is 0 Å². The van der Waals surface area contributed by atoms with Gasteiger partial charge in [-0.15, -0.1) is 0 Å². The summed E-state index contributed by atoms with van der Waals surface area (Å²) in [4.78, 5) is 0. The van der Waals surface area contributed by atoms with Gasteiger partial charge in [0.15, 0.2) is 0 Å². The Morgan fingerprint density at radius 1 is 1.00 bits per heavy atom. The molecule has 1 aliphatic rings. The van der Waals surface area contributed by atoms with Crippen LogP contribution in [0.25, 0.3) is 0 Å². The van der Waals surface area contributed by atoms with Gasteiger partial charge in [0, 0.05) is 6.04 Å². The van der Waals surface area contributed by atoms with Crippen molar-refractivity contribution in [2.24, 2.45) is 16.7 Å². The molecule has 1 aromatic rings. The molecule has 0 bridgehead atoms. The lowest BCUT2D eigenvalue weighted by Crippen LogP contribution is -2.35. The van der Waals surface area contributed by atoms with Gasteiger partial charge in [-0.3, -0.25) is 0 Å². The molecule has 1 nitrogen and oxygen atoms in total. The lowest BCUT2D eigenvalue weighted by Gasteiger charge is -2.23. The predicted molar refractivity (Wildman–Crippen MR) is 92.9 cm³/mol. The van der Waals surface area contributed by atoms with Gasteiger partial charge in [0.1, 0.15) is 0 Å². The monoisotopic (exact) mass is 287 g/mol. The first-order valence-corrected chi connectivity index (χ1v) is 8.43. The zero-order valence-electron chi connectivity index (χ0n) is 15.2. The molecule has 1 saturated carbocycles. The summed E-state index contributed by atoms with van der Waals surface area (Å²) in [5.41, 5.74) is 6.70. The molecule has 0 radical (unpaired) electrons. The summed E-state index contributed by atoms with van der Waals surface area (Å²) in [5.74, 6) is 0.755. The topological polar surface area (TPSA) is 12.0 Å². The number of rotatable bonds is 5. The van der Waals surface area contributed by atoms with E-state index < -0.39 is 0 Å². The second-order valence-corrected chi connectivity index (χ2v) is 8.17. The van der Waals surface area contributed by atoms with E-state index >= 15 is 0 Å². The van der Waals surface area contributed by atoms with Gasteiger partial charge >= 0.3 is 0 Å². The fraction of sp³-hybridized carbons (Fsp3) is 0.700. The van der Waals surface area contributed by atoms with Crippen LogP contribution in [0.2, 0.25) is 0 Å². The van der Waals surface area contributed by atoms with Gasteiger partial charge in [0.25, 0.3) is 0 Å². The lowest BCUT2D eigenvalue weighted by molar-refractivity contribution is 0.402. The minimum Gasteiger partial charge on any atom is -0.314 e. The number of benzene rings is 1. The van der Waals surface area contributed by atoms with Gasteiger partial charge < -0.3 is 5.32 Å². The molecule has 1 heteroatoms. The van der Waals surface area contributed by atoms with Crippen LogP contribution in [0.4, 0.5) is 0 Å². The molecule has 1 N–H and O–H groups in total. The molecule has 118 valence electrons. The molecule has 1 atom stereocenters. The second kappa shape index (κ2) is 5.43. The normalized spacial score (nSPS) is 21.3. The van der Waals surface area contributed by atoms with Crippen LogP contribution in [-0.2, 0) is 6.42 Å². The molecular weight excluding hydrogens is 254 g/mol. The van der Waals surface area contributed by atoms with Crippen molar-refractivity contribution in [2.75, 3.05) is 6.54 Å². The van der Waals surface area contributed by atoms with Gasteiger partial charge in [0.2, 0.25) is 0 Å². The zero-order chi connectivity index (χ0) is 16.0. The van der Waals surface area contributed by atoms with Crippen molar-refractivity contribution in [3.8, 4) is 0 Å². The lowest BCUT2D eigenvalue weighted by atomic mass is 9.90. The average Bonchev–Trinajstić information content (AvgIpc) is 2.73. The number of aryl methyl sites for hydroxylation is 3. The van der Waals surface area contributed by atoms with Gasteiger partial charge in [-0.25, -0.2) is 0 Å². The Bertz CT molecular complexity index is 488. The Hall–Kier alpha value is -0.820. The molecule has 1 fully saturated rings. The average molecular weight is 287 g/mol. The summed E-state index contributed by atoms with van der Waals surface area (Å²) in [7, 11) is 0. The van der Waals surface area contributed by atoms with Crippen LogP contribution < -0.4 is 5.32 Å². The molecular formula is C20H33N. The SMILES string of the molecule is CCNC(Cc1c(C)cc(C)cc1C)C1C(C)(C)C1(C)C. The molecule has 0 aliphatic heterocycles. The molecule has 21 heavy (non-hydrogen) atoms. The van der Waals surface area contributed by atoms with Crippen LogP contribution in [0.5, 0.6) is 0 Å². The minimum absolute atomic E-state index is 0.437. The highest BCUT2D eigenvalue weighted by molar-refractivity contribution is 5.38. The first-order chi connectivity index (χ1) is 9.62. The van der Waals surface area contributed by atoms with Gasteiger partial charge in [-0.1, -0.05) is 52.3 Å². The fourth-order valence-corrected chi connectivity index (χ4v) is 4.58. The largest absolute Gasteiger partial charge is 0.314 e. The summed E-state index contributed by atoms with van der Waals surface area (Å²) in [6.07, 6.45) is 1.16. The third kappa shape index (κ3) is 2.77. The van der Waals surface area contributed by atoms with Crippen molar-refractivity contribution >= 4 is 0 Å². The van der Waals surface area contributed by atoms with Crippen molar-refractivity contribution in [3.05, 3.63) is 34.4 Å². The maximum atomic E-state index is 3.77. The summed E-state index contributed by atoms with van der Waals surface area (Å²) in [5, 5.41) is 3.77. The number of hydrogen-bond donors (Lipinski definition) is 1. The molecule has 1 aliphatic carbocycles. The van der Waals surface area contributed by atoms with Gasteiger partial charge in [-0.05, 0) is 67.2 Å². The highest BCUT2D eigenvalue weighted by Gasteiger charge is 2.66. The van der Waals surface area contributed by atoms with Crippen LogP contribution in [0, 0.1) is 37.5 Å². The van der Waals surface area contributed by atoms with Crippen molar-refractivity contribution in [1.82, 2.24) is 5.32 Å². The van der Waals surface area contributed by atoms with Crippen molar-refractivity contribution in [1.29, 1.82) is 0 Å². The summed E-state index contributed by atoms with van der Waals surface area (Å²) in [6, 6.07) is 5.24. The zero-order valence-corrected chi connectivity index (χ0v) is 15.2. The van der Waals surface area contributed by atoms with E-state index in [4.69, 9.17) is 0 Å². The molecule has 1 unspecified atom stereocenters. The Morgan fingerprint density at radius 2 is 1.48 bits per heavy atom. The van der Waals surface area contributed by atoms with Crippen LogP contribution in [-0.4, -0.2) is 12.6 Å². The second-order valence-electron chi connectivity index (χ2n) is 8.17. The van der Waals surface area contributed by atoms with E-state index in [1.165, 1.54) is 16.7 Å². The standard InChI is InChI=1S/C20H33N/c1-9-21-17(18-19(5,6)20(18,7)8)12-16-14(3)10-13(2)11-15(16)4/h10-11,17-18,21H,9,12H2,1-8H3. The Balaban J connectivity index is 2.27. The maximum absolute atomic E-state index is 3.77. The maximum Gasteiger partial charge on any atom is 0.0146 e. The molecule has 0 spiro atoms. The van der Waals surface area contributed by atoms with Crippen LogP contribution in [0.3, 0.4) is 0 Å². The van der Waals surface area contributed by atoms with E-state index in [1.807, 2.05) is 0 Å². The fourth-order valence-electron chi connectivity index (χ4n) is 4.58. The van der Waals surface area contributed by atoms with Crippen molar-refractivity contribution in [2.45, 2.75) is 67.9 Å². The molecule has 2 rings (SSSR count). The van der Waals surface area contributed by atoms with E-state index in [-0.39, 0.29) is 0 Å². The summed E-state index contributed by atoms with van der Waals surface area (Å²) < 4.78 is 0. The minimum atomic E-state index is 0.437. The Labute approximate surface area is 131 Å². The molecule has 0 saturated heterocycles. The highest BCUT2D eigenvalue weighted by Crippen LogP contribution is 2.69. The van der Waals surface area contributed by atoms with Crippen molar-refractivity contribution in [3.63, 3.8) is 0 Å². The number of hydrogen-bond acceptors (Lipinski definition) is 1. The summed E-state index contributed by atoms with van der Waals surface area (Å²) >= 11 is 0. The summed E-state index contributed by atoms with van der Waals surface area (Å²) in [6.45, 7) is 19.7.